The Labute approximate surface area is 157 Å². The Morgan fingerprint density at radius 2 is 1.73 bits per heavy atom. The number of hydrogen-bond acceptors (Lipinski definition) is 6. The fraction of sp³-hybridized carbons (Fsp3) is 0.389. The highest BCUT2D eigenvalue weighted by atomic mass is 35.5. The van der Waals surface area contributed by atoms with Gasteiger partial charge in [-0.15, -0.1) is 12.4 Å². The second kappa shape index (κ2) is 6.74. The molecule has 1 saturated heterocycles. The SMILES string of the molecule is Cl.Nc1ncnc2c1c(N1CCOCC1)nn2C1Cc2ccccc2C1. The van der Waals surface area contributed by atoms with Gasteiger partial charge in [0, 0.05) is 13.1 Å². The van der Waals surface area contributed by atoms with Crippen LogP contribution in [0.4, 0.5) is 11.6 Å². The molecule has 1 aliphatic heterocycles. The molecule has 2 aliphatic rings. The molecule has 2 N–H and O–H groups in total. The zero-order valence-electron chi connectivity index (χ0n) is 14.3. The molecule has 8 heteroatoms. The van der Waals surface area contributed by atoms with Crippen LogP contribution in [0.2, 0.25) is 0 Å². The molecule has 0 saturated carbocycles. The molecule has 26 heavy (non-hydrogen) atoms. The molecule has 1 fully saturated rings. The van der Waals surface area contributed by atoms with Crippen molar-refractivity contribution in [1.82, 2.24) is 19.7 Å². The maximum Gasteiger partial charge on any atom is 0.165 e. The third-order valence-corrected chi connectivity index (χ3v) is 5.19. The van der Waals surface area contributed by atoms with Crippen molar-refractivity contribution in [3.8, 4) is 0 Å². The predicted molar refractivity (Wildman–Crippen MR) is 103 cm³/mol. The van der Waals surface area contributed by atoms with E-state index in [-0.39, 0.29) is 18.4 Å². The van der Waals surface area contributed by atoms with Crippen LogP contribution in [0, 0.1) is 0 Å². The fourth-order valence-corrected chi connectivity index (χ4v) is 3.94. The standard InChI is InChI=1S/C18H20N6O.ClH/c19-16-15-17(21-11-20-16)24(22-18(15)23-5-7-25-8-6-23)14-9-12-3-1-2-4-13(12)10-14;/h1-4,11,14H,5-10H2,(H2,19,20,21);1H. The van der Waals surface area contributed by atoms with Gasteiger partial charge in [-0.2, -0.15) is 5.10 Å². The maximum absolute atomic E-state index is 6.20. The van der Waals surface area contributed by atoms with Crippen LogP contribution in [0.15, 0.2) is 30.6 Å². The number of halogens is 1. The average Bonchev–Trinajstić information content (AvgIpc) is 3.24. The molecule has 1 aromatic carbocycles. The van der Waals surface area contributed by atoms with Crippen molar-refractivity contribution in [3.63, 3.8) is 0 Å². The van der Waals surface area contributed by atoms with Crippen LogP contribution in [0.5, 0.6) is 0 Å². The van der Waals surface area contributed by atoms with E-state index in [1.807, 2.05) is 0 Å². The number of nitrogen functional groups attached to an aromatic ring is 1. The van der Waals surface area contributed by atoms with Crippen LogP contribution in [-0.4, -0.2) is 46.1 Å². The van der Waals surface area contributed by atoms with E-state index in [0.29, 0.717) is 19.0 Å². The number of benzene rings is 1. The quantitative estimate of drug-likeness (QED) is 0.741. The van der Waals surface area contributed by atoms with E-state index in [1.165, 1.54) is 17.5 Å². The molecule has 7 nitrogen and oxygen atoms in total. The van der Waals surface area contributed by atoms with E-state index < -0.39 is 0 Å². The Bertz CT molecular complexity index is 912. The van der Waals surface area contributed by atoms with Gasteiger partial charge in [0.2, 0.25) is 0 Å². The lowest BCUT2D eigenvalue weighted by atomic mass is 10.1. The molecule has 3 heterocycles. The van der Waals surface area contributed by atoms with E-state index in [0.717, 1.165) is 42.8 Å². The minimum Gasteiger partial charge on any atom is -0.383 e. The second-order valence-electron chi connectivity index (χ2n) is 6.66. The largest absolute Gasteiger partial charge is 0.383 e. The lowest BCUT2D eigenvalue weighted by molar-refractivity contribution is 0.122. The summed E-state index contributed by atoms with van der Waals surface area (Å²) < 4.78 is 7.53. The maximum atomic E-state index is 6.20. The number of aromatic nitrogens is 4. The third-order valence-electron chi connectivity index (χ3n) is 5.19. The first-order valence-electron chi connectivity index (χ1n) is 8.69. The lowest BCUT2D eigenvalue weighted by Crippen LogP contribution is -2.36. The van der Waals surface area contributed by atoms with Crippen molar-refractivity contribution in [2.24, 2.45) is 0 Å². The van der Waals surface area contributed by atoms with Gasteiger partial charge in [-0.1, -0.05) is 24.3 Å². The number of ether oxygens (including phenoxy) is 1. The van der Waals surface area contributed by atoms with Gasteiger partial charge in [0.1, 0.15) is 17.5 Å². The minimum absolute atomic E-state index is 0. The van der Waals surface area contributed by atoms with Gasteiger partial charge in [0.15, 0.2) is 11.5 Å². The molecule has 5 rings (SSSR count). The number of morpholine rings is 1. The predicted octanol–water partition coefficient (Wildman–Crippen LogP) is 2.01. The first-order chi connectivity index (χ1) is 12.3. The summed E-state index contributed by atoms with van der Waals surface area (Å²) in [6.07, 6.45) is 3.47. The Morgan fingerprint density at radius 1 is 1.04 bits per heavy atom. The Kier molecular flexibility index (Phi) is 4.42. The zero-order valence-corrected chi connectivity index (χ0v) is 15.2. The Hall–Kier alpha value is -2.38. The highest BCUT2D eigenvalue weighted by Crippen LogP contribution is 2.35. The van der Waals surface area contributed by atoms with Gasteiger partial charge in [0.05, 0.1) is 19.3 Å². The molecule has 0 unspecified atom stereocenters. The molecule has 0 amide bonds. The Balaban J connectivity index is 0.00000168. The Morgan fingerprint density at radius 3 is 2.42 bits per heavy atom. The molecule has 0 bridgehead atoms. The monoisotopic (exact) mass is 372 g/mol. The van der Waals surface area contributed by atoms with Gasteiger partial charge in [0.25, 0.3) is 0 Å². The first-order valence-corrected chi connectivity index (χ1v) is 8.69. The highest BCUT2D eigenvalue weighted by Gasteiger charge is 2.29. The summed E-state index contributed by atoms with van der Waals surface area (Å²) in [7, 11) is 0. The molecule has 0 spiro atoms. The number of nitrogens with zero attached hydrogens (tertiary/aromatic N) is 5. The highest BCUT2D eigenvalue weighted by molar-refractivity contribution is 5.96. The number of rotatable bonds is 2. The fourth-order valence-electron chi connectivity index (χ4n) is 3.94. The summed E-state index contributed by atoms with van der Waals surface area (Å²) in [5, 5.41) is 5.80. The molecular weight excluding hydrogens is 352 g/mol. The molecule has 2 aromatic heterocycles. The summed E-state index contributed by atoms with van der Waals surface area (Å²) in [5.74, 6) is 1.38. The molecular formula is C18H21ClN6O. The number of anilines is 2. The van der Waals surface area contributed by atoms with E-state index in [2.05, 4.69) is 43.8 Å². The minimum atomic E-state index is 0. The second-order valence-corrected chi connectivity index (χ2v) is 6.66. The van der Waals surface area contributed by atoms with Gasteiger partial charge in [-0.25, -0.2) is 14.6 Å². The van der Waals surface area contributed by atoms with Crippen LogP contribution in [-0.2, 0) is 17.6 Å². The van der Waals surface area contributed by atoms with E-state index in [9.17, 15) is 0 Å². The number of nitrogens with two attached hydrogens (primary N) is 1. The third kappa shape index (κ3) is 2.68. The van der Waals surface area contributed by atoms with Crippen LogP contribution in [0.25, 0.3) is 11.0 Å². The lowest BCUT2D eigenvalue weighted by Gasteiger charge is -2.27. The molecule has 0 atom stereocenters. The van der Waals surface area contributed by atoms with Crippen molar-refractivity contribution in [3.05, 3.63) is 41.7 Å². The van der Waals surface area contributed by atoms with Crippen molar-refractivity contribution < 1.29 is 4.74 Å². The normalized spacial score (nSPS) is 17.3. The van der Waals surface area contributed by atoms with E-state index in [4.69, 9.17) is 15.6 Å². The average molecular weight is 373 g/mol. The summed E-state index contributed by atoms with van der Waals surface area (Å²) >= 11 is 0. The van der Waals surface area contributed by atoms with Crippen molar-refractivity contribution in [1.29, 1.82) is 0 Å². The molecule has 3 aromatic rings. The van der Waals surface area contributed by atoms with Gasteiger partial charge in [-0.05, 0) is 24.0 Å². The van der Waals surface area contributed by atoms with E-state index in [1.54, 1.807) is 0 Å². The van der Waals surface area contributed by atoms with Crippen LogP contribution in [0.3, 0.4) is 0 Å². The van der Waals surface area contributed by atoms with Gasteiger partial charge in [-0.3, -0.25) is 0 Å². The smallest absolute Gasteiger partial charge is 0.165 e. The molecule has 0 radical (unpaired) electrons. The summed E-state index contributed by atoms with van der Waals surface area (Å²) in [6, 6.07) is 8.87. The van der Waals surface area contributed by atoms with Crippen molar-refractivity contribution >= 4 is 35.1 Å². The van der Waals surface area contributed by atoms with Gasteiger partial charge < -0.3 is 15.4 Å². The van der Waals surface area contributed by atoms with Crippen LogP contribution < -0.4 is 10.6 Å². The van der Waals surface area contributed by atoms with Gasteiger partial charge >= 0.3 is 0 Å². The van der Waals surface area contributed by atoms with Crippen LogP contribution >= 0.6 is 12.4 Å². The number of fused-ring (bicyclic) bond motifs is 2. The summed E-state index contributed by atoms with van der Waals surface area (Å²) in [4.78, 5) is 10.9. The first kappa shape index (κ1) is 17.1. The molecule has 1 aliphatic carbocycles. The van der Waals surface area contributed by atoms with Crippen molar-refractivity contribution in [2.45, 2.75) is 18.9 Å². The summed E-state index contributed by atoms with van der Waals surface area (Å²) in [6.45, 7) is 3.03. The summed E-state index contributed by atoms with van der Waals surface area (Å²) in [5.41, 5.74) is 9.81. The van der Waals surface area contributed by atoms with Crippen molar-refractivity contribution in [2.75, 3.05) is 36.9 Å². The number of hydrogen-bond donors (Lipinski definition) is 1. The topological polar surface area (TPSA) is 82.1 Å². The zero-order chi connectivity index (χ0) is 16.8. The van der Waals surface area contributed by atoms with E-state index >= 15 is 0 Å². The molecule has 136 valence electrons. The van der Waals surface area contributed by atoms with Crippen LogP contribution in [0.1, 0.15) is 17.2 Å².